The van der Waals surface area contributed by atoms with Gasteiger partial charge in [-0.25, -0.2) is 9.78 Å². The number of halogens is 1. The van der Waals surface area contributed by atoms with E-state index in [1.165, 1.54) is 11.3 Å². The Hall–Kier alpha value is -1.67. The van der Waals surface area contributed by atoms with Crippen molar-refractivity contribution in [3.05, 3.63) is 44.9 Å². The van der Waals surface area contributed by atoms with Gasteiger partial charge >= 0.3 is 5.97 Å². The molecule has 0 radical (unpaired) electrons. The van der Waals surface area contributed by atoms with Gasteiger partial charge in [-0.15, -0.1) is 11.3 Å². The van der Waals surface area contributed by atoms with Crippen LogP contribution in [0.25, 0.3) is 0 Å². The van der Waals surface area contributed by atoms with Gasteiger partial charge in [-0.05, 0) is 49.4 Å². The van der Waals surface area contributed by atoms with Crippen LogP contribution < -0.4 is 4.74 Å². The van der Waals surface area contributed by atoms with Gasteiger partial charge in [0.25, 0.3) is 0 Å². The molecule has 1 aliphatic heterocycles. The maximum absolute atomic E-state index is 11.1. The average molecular weight is 438 g/mol. The summed E-state index contributed by atoms with van der Waals surface area (Å²) >= 11 is 7.45. The number of hydrogen-bond donors (Lipinski definition) is 1. The minimum absolute atomic E-state index is 0.0661. The lowest BCUT2D eigenvalue weighted by molar-refractivity contribution is -0.0811. The molecule has 4 rings (SSSR count). The fourth-order valence-electron chi connectivity index (χ4n) is 4.43. The second-order valence-electron chi connectivity index (χ2n) is 7.68. The molecule has 1 saturated carbocycles. The van der Waals surface area contributed by atoms with Gasteiger partial charge in [-0.2, -0.15) is 0 Å². The summed E-state index contributed by atoms with van der Waals surface area (Å²) in [4.78, 5) is 15.3. The Morgan fingerprint density at radius 2 is 2.24 bits per heavy atom. The molecule has 2 aromatic rings. The zero-order chi connectivity index (χ0) is 20.5. The molecule has 1 saturated heterocycles. The van der Waals surface area contributed by atoms with Crippen molar-refractivity contribution in [2.24, 2.45) is 11.8 Å². The molecule has 8 heteroatoms. The quantitative estimate of drug-likeness (QED) is 0.702. The van der Waals surface area contributed by atoms with E-state index in [2.05, 4.69) is 4.98 Å². The van der Waals surface area contributed by atoms with Crippen LogP contribution in [0.2, 0.25) is 5.02 Å². The SMILES string of the molecule is CO[C@H]1C[C@@H]2O[C@@H](c3nc(C(=O)O)cs3)CC[C@@H]2[C@H]1COc1ccc(Cl)c(C)c1. The highest BCUT2D eigenvalue weighted by molar-refractivity contribution is 7.09. The Kier molecular flexibility index (Phi) is 6.11. The molecule has 1 aliphatic carbocycles. The van der Waals surface area contributed by atoms with E-state index in [0.717, 1.165) is 40.6 Å². The Morgan fingerprint density at radius 1 is 1.41 bits per heavy atom. The third-order valence-electron chi connectivity index (χ3n) is 5.96. The van der Waals surface area contributed by atoms with Gasteiger partial charge < -0.3 is 19.3 Å². The Bertz CT molecular complexity index is 888. The summed E-state index contributed by atoms with van der Waals surface area (Å²) in [6.07, 6.45) is 2.60. The van der Waals surface area contributed by atoms with E-state index in [-0.39, 0.29) is 29.9 Å². The summed E-state index contributed by atoms with van der Waals surface area (Å²) < 4.78 is 18.2. The molecule has 156 valence electrons. The van der Waals surface area contributed by atoms with Crippen molar-refractivity contribution in [2.45, 2.75) is 44.5 Å². The van der Waals surface area contributed by atoms with E-state index in [1.807, 2.05) is 25.1 Å². The molecular formula is C21H24ClNO5S. The number of carboxylic acids is 1. The minimum Gasteiger partial charge on any atom is -0.493 e. The maximum atomic E-state index is 11.1. The number of aromatic carboxylic acids is 1. The van der Waals surface area contributed by atoms with Crippen molar-refractivity contribution in [3.63, 3.8) is 0 Å². The van der Waals surface area contributed by atoms with E-state index in [4.69, 9.17) is 30.9 Å². The van der Waals surface area contributed by atoms with E-state index in [9.17, 15) is 4.79 Å². The third kappa shape index (κ3) is 4.28. The largest absolute Gasteiger partial charge is 0.493 e. The average Bonchev–Trinajstić information content (AvgIpc) is 3.33. The number of ether oxygens (including phenoxy) is 3. The van der Waals surface area contributed by atoms with Crippen LogP contribution in [0.1, 0.15) is 46.4 Å². The smallest absolute Gasteiger partial charge is 0.355 e. The van der Waals surface area contributed by atoms with Gasteiger partial charge in [0.05, 0.1) is 18.8 Å². The van der Waals surface area contributed by atoms with Crippen molar-refractivity contribution >= 4 is 28.9 Å². The van der Waals surface area contributed by atoms with E-state index in [1.54, 1.807) is 12.5 Å². The Morgan fingerprint density at radius 3 is 2.93 bits per heavy atom. The van der Waals surface area contributed by atoms with Crippen LogP contribution in [0.3, 0.4) is 0 Å². The van der Waals surface area contributed by atoms with Crippen LogP contribution in [0.15, 0.2) is 23.6 Å². The predicted molar refractivity (Wildman–Crippen MR) is 110 cm³/mol. The maximum Gasteiger partial charge on any atom is 0.355 e. The van der Waals surface area contributed by atoms with Crippen molar-refractivity contribution in [1.82, 2.24) is 4.98 Å². The van der Waals surface area contributed by atoms with Gasteiger partial charge in [-0.1, -0.05) is 11.6 Å². The molecule has 1 N–H and O–H groups in total. The summed E-state index contributed by atoms with van der Waals surface area (Å²) in [5.74, 6) is 0.399. The number of hydrogen-bond acceptors (Lipinski definition) is 6. The first kappa shape index (κ1) is 20.6. The monoisotopic (exact) mass is 437 g/mol. The summed E-state index contributed by atoms with van der Waals surface area (Å²) in [7, 11) is 1.74. The van der Waals surface area contributed by atoms with Gasteiger partial charge in [-0.3, -0.25) is 0 Å². The molecule has 0 bridgehead atoms. The second kappa shape index (κ2) is 8.60. The highest BCUT2D eigenvalue weighted by atomic mass is 35.5. The molecule has 2 fully saturated rings. The lowest BCUT2D eigenvalue weighted by atomic mass is 9.87. The van der Waals surface area contributed by atoms with E-state index in [0.29, 0.717) is 12.5 Å². The van der Waals surface area contributed by atoms with Crippen LogP contribution in [-0.2, 0) is 9.47 Å². The van der Waals surface area contributed by atoms with Crippen molar-refractivity contribution in [1.29, 1.82) is 0 Å². The highest BCUT2D eigenvalue weighted by Gasteiger charge is 2.48. The summed E-state index contributed by atoms with van der Waals surface area (Å²) in [5.41, 5.74) is 1.08. The first-order chi connectivity index (χ1) is 14.0. The van der Waals surface area contributed by atoms with Gasteiger partial charge in [0, 0.05) is 29.9 Å². The fourth-order valence-corrected chi connectivity index (χ4v) is 5.41. The molecule has 1 aromatic carbocycles. The zero-order valence-corrected chi connectivity index (χ0v) is 17.9. The number of benzene rings is 1. The summed E-state index contributed by atoms with van der Waals surface area (Å²) in [6, 6.07) is 5.69. The van der Waals surface area contributed by atoms with E-state index < -0.39 is 5.97 Å². The molecule has 5 atom stereocenters. The van der Waals surface area contributed by atoms with Crippen LogP contribution >= 0.6 is 22.9 Å². The number of nitrogens with zero attached hydrogens (tertiary/aromatic N) is 1. The van der Waals surface area contributed by atoms with Gasteiger partial charge in [0.15, 0.2) is 5.69 Å². The molecule has 0 amide bonds. The van der Waals surface area contributed by atoms with Gasteiger partial charge in [0.1, 0.15) is 16.9 Å². The lowest BCUT2D eigenvalue weighted by Crippen LogP contribution is -2.33. The first-order valence-corrected chi connectivity index (χ1v) is 11.0. The lowest BCUT2D eigenvalue weighted by Gasteiger charge is -2.34. The zero-order valence-electron chi connectivity index (χ0n) is 16.3. The topological polar surface area (TPSA) is 77.9 Å². The standard InChI is InChI=1S/C21H24ClNO5S/c1-11-7-12(3-5-15(11)22)27-9-14-13-4-6-17(28-19(13)8-18(14)26-2)20-23-16(10-29-20)21(24)25/h3,5,7,10,13-14,17-19H,4,6,8-9H2,1-2H3,(H,24,25)/t13-,14-,17-,18+,19+/m1/s1. The van der Waals surface area contributed by atoms with Crippen molar-refractivity contribution < 1.29 is 24.1 Å². The van der Waals surface area contributed by atoms with Crippen LogP contribution in [0.4, 0.5) is 0 Å². The highest BCUT2D eigenvalue weighted by Crippen LogP contribution is 2.47. The Balaban J connectivity index is 1.42. The number of rotatable bonds is 6. The third-order valence-corrected chi connectivity index (χ3v) is 7.32. The number of carbonyl (C=O) groups is 1. The number of fused-ring (bicyclic) bond motifs is 1. The van der Waals surface area contributed by atoms with Crippen LogP contribution in [-0.4, -0.2) is 42.0 Å². The molecule has 2 aliphatic rings. The second-order valence-corrected chi connectivity index (χ2v) is 8.97. The molecule has 0 unspecified atom stereocenters. The predicted octanol–water partition coefficient (Wildman–Crippen LogP) is 4.75. The normalized spacial score (nSPS) is 28.9. The number of carboxylic acid groups (broad SMARTS) is 1. The van der Waals surface area contributed by atoms with Crippen LogP contribution in [0, 0.1) is 18.8 Å². The molecule has 2 heterocycles. The van der Waals surface area contributed by atoms with Crippen molar-refractivity contribution in [2.75, 3.05) is 13.7 Å². The number of aromatic nitrogens is 1. The number of methoxy groups -OCH3 is 1. The number of thiazole rings is 1. The fraction of sp³-hybridized carbons (Fsp3) is 0.524. The molecule has 29 heavy (non-hydrogen) atoms. The van der Waals surface area contributed by atoms with E-state index >= 15 is 0 Å². The Labute approximate surface area is 178 Å². The minimum atomic E-state index is -1.00. The molecule has 1 aromatic heterocycles. The molecular weight excluding hydrogens is 414 g/mol. The molecule has 0 spiro atoms. The number of aryl methyl sites for hydroxylation is 1. The van der Waals surface area contributed by atoms with Gasteiger partial charge in [0.2, 0.25) is 0 Å². The summed E-state index contributed by atoms with van der Waals surface area (Å²) in [6.45, 7) is 2.53. The molecule has 6 nitrogen and oxygen atoms in total. The summed E-state index contributed by atoms with van der Waals surface area (Å²) in [5, 5.41) is 12.1. The first-order valence-electron chi connectivity index (χ1n) is 9.72. The van der Waals surface area contributed by atoms with Crippen molar-refractivity contribution in [3.8, 4) is 5.75 Å². The van der Waals surface area contributed by atoms with Crippen LogP contribution in [0.5, 0.6) is 5.75 Å².